The summed E-state index contributed by atoms with van der Waals surface area (Å²) in [6.45, 7) is 2.02. The van der Waals surface area contributed by atoms with Gasteiger partial charge in [0.05, 0.1) is 20.3 Å². The Morgan fingerprint density at radius 3 is 2.69 bits per heavy atom. The van der Waals surface area contributed by atoms with Crippen molar-refractivity contribution in [3.8, 4) is 5.75 Å². The average molecular weight is 350 g/mol. The molecule has 5 heteroatoms. The van der Waals surface area contributed by atoms with Crippen LogP contribution in [0.5, 0.6) is 5.75 Å². The van der Waals surface area contributed by atoms with E-state index in [4.69, 9.17) is 9.47 Å². The van der Waals surface area contributed by atoms with E-state index in [2.05, 4.69) is 28.5 Å². The van der Waals surface area contributed by atoms with Crippen molar-refractivity contribution >= 4 is 16.9 Å². The molecule has 2 aromatic carbocycles. The number of ether oxygens (including phenoxy) is 2. The lowest BCUT2D eigenvalue weighted by atomic mass is 9.89. The number of rotatable bonds is 3. The first-order valence-electron chi connectivity index (χ1n) is 8.70. The number of H-pyrrole nitrogens is 1. The van der Waals surface area contributed by atoms with E-state index in [9.17, 15) is 4.79 Å². The maximum atomic E-state index is 12.3. The molecule has 1 aliphatic rings. The van der Waals surface area contributed by atoms with Crippen molar-refractivity contribution in [3.05, 3.63) is 64.8 Å². The number of aromatic amines is 1. The van der Waals surface area contributed by atoms with Crippen LogP contribution in [0.15, 0.2) is 42.5 Å². The summed E-state index contributed by atoms with van der Waals surface area (Å²) in [5.41, 5.74) is 5.51. The summed E-state index contributed by atoms with van der Waals surface area (Å²) in [6.07, 6.45) is 0.609. The first-order chi connectivity index (χ1) is 12.6. The molecule has 0 spiro atoms. The number of aryl methyl sites for hydroxylation is 1. The topological polar surface area (TPSA) is 63.4 Å². The van der Waals surface area contributed by atoms with Crippen molar-refractivity contribution < 1.29 is 14.3 Å². The van der Waals surface area contributed by atoms with Gasteiger partial charge in [-0.05, 0) is 35.7 Å². The fourth-order valence-corrected chi connectivity index (χ4v) is 3.87. The number of fused-ring (bicyclic) bond motifs is 3. The van der Waals surface area contributed by atoms with Crippen molar-refractivity contribution in [1.29, 1.82) is 0 Å². The minimum Gasteiger partial charge on any atom is -0.496 e. The van der Waals surface area contributed by atoms with Crippen molar-refractivity contribution in [1.82, 2.24) is 10.3 Å². The van der Waals surface area contributed by atoms with Crippen LogP contribution in [-0.2, 0) is 16.0 Å². The van der Waals surface area contributed by atoms with Gasteiger partial charge in [-0.1, -0.05) is 30.3 Å². The van der Waals surface area contributed by atoms with E-state index >= 15 is 0 Å². The second kappa shape index (κ2) is 6.50. The third kappa shape index (κ3) is 2.65. The molecule has 0 amide bonds. The third-order valence-electron chi connectivity index (χ3n) is 5.15. The van der Waals surface area contributed by atoms with Gasteiger partial charge in [0.15, 0.2) is 0 Å². The number of hydrogen-bond donors (Lipinski definition) is 2. The van der Waals surface area contributed by atoms with Gasteiger partial charge in [0, 0.05) is 23.0 Å². The molecule has 3 aromatic rings. The molecule has 1 aliphatic heterocycles. The Morgan fingerprint density at radius 1 is 1.15 bits per heavy atom. The van der Waals surface area contributed by atoms with Crippen LogP contribution >= 0.6 is 0 Å². The molecule has 26 heavy (non-hydrogen) atoms. The Kier molecular flexibility index (Phi) is 4.17. The summed E-state index contributed by atoms with van der Waals surface area (Å²) in [6, 6.07) is 13.8. The van der Waals surface area contributed by atoms with Gasteiger partial charge in [0.25, 0.3) is 0 Å². The Hall–Kier alpha value is -2.79. The van der Waals surface area contributed by atoms with Gasteiger partial charge in [-0.15, -0.1) is 0 Å². The van der Waals surface area contributed by atoms with E-state index in [1.165, 1.54) is 12.7 Å². The Balaban J connectivity index is 1.86. The van der Waals surface area contributed by atoms with Crippen LogP contribution in [-0.4, -0.2) is 31.2 Å². The number of methoxy groups -OCH3 is 2. The van der Waals surface area contributed by atoms with Gasteiger partial charge in [-0.3, -0.25) is 10.1 Å². The first kappa shape index (κ1) is 16.7. The first-order valence-corrected chi connectivity index (χ1v) is 8.70. The molecule has 2 heterocycles. The molecule has 0 radical (unpaired) electrons. The molecule has 1 aromatic heterocycles. The number of hydrogen-bond acceptors (Lipinski definition) is 4. The lowest BCUT2D eigenvalue weighted by Gasteiger charge is -2.30. The summed E-state index contributed by atoms with van der Waals surface area (Å²) >= 11 is 0. The highest BCUT2D eigenvalue weighted by Gasteiger charge is 2.34. The summed E-state index contributed by atoms with van der Waals surface area (Å²) < 4.78 is 10.4. The fourth-order valence-electron chi connectivity index (χ4n) is 3.87. The predicted octanol–water partition coefficient (Wildman–Crippen LogP) is 3.26. The molecule has 134 valence electrons. The Bertz CT molecular complexity index is 977. The summed E-state index contributed by atoms with van der Waals surface area (Å²) in [5.74, 6) is 0.613. The third-order valence-corrected chi connectivity index (χ3v) is 5.15. The summed E-state index contributed by atoms with van der Waals surface area (Å²) in [4.78, 5) is 15.8. The van der Waals surface area contributed by atoms with Gasteiger partial charge < -0.3 is 14.5 Å². The Labute approximate surface area is 152 Å². The summed E-state index contributed by atoms with van der Waals surface area (Å²) in [7, 11) is 3.10. The van der Waals surface area contributed by atoms with Crippen molar-refractivity contribution in [3.63, 3.8) is 0 Å². The largest absolute Gasteiger partial charge is 0.496 e. The van der Waals surface area contributed by atoms with E-state index in [1.54, 1.807) is 7.11 Å². The number of benzene rings is 2. The smallest absolute Gasteiger partial charge is 0.323 e. The monoisotopic (exact) mass is 350 g/mol. The van der Waals surface area contributed by atoms with Crippen LogP contribution in [0.25, 0.3) is 10.9 Å². The minimum absolute atomic E-state index is 0.111. The zero-order valence-corrected chi connectivity index (χ0v) is 15.1. The molecule has 4 rings (SSSR count). The highest BCUT2D eigenvalue weighted by Crippen LogP contribution is 2.36. The molecular formula is C21H22N2O3. The fraction of sp³-hybridized carbons (Fsp3) is 0.286. The molecule has 2 unspecified atom stereocenters. The van der Waals surface area contributed by atoms with Gasteiger partial charge >= 0.3 is 5.97 Å². The van der Waals surface area contributed by atoms with Crippen LogP contribution in [0.4, 0.5) is 0 Å². The number of aromatic nitrogens is 1. The van der Waals surface area contributed by atoms with Crippen molar-refractivity contribution in [2.45, 2.75) is 25.4 Å². The molecule has 0 saturated heterocycles. The molecule has 0 fully saturated rings. The second-order valence-corrected chi connectivity index (χ2v) is 6.67. The van der Waals surface area contributed by atoms with E-state index < -0.39 is 0 Å². The SMILES string of the molecule is COC(=O)C1Cc2c([nH]c3ccccc23)C(c2ccc(OC)c(C)c2)N1. The molecule has 2 atom stereocenters. The van der Waals surface area contributed by atoms with Gasteiger partial charge in [-0.25, -0.2) is 0 Å². The number of para-hydroxylation sites is 1. The highest BCUT2D eigenvalue weighted by atomic mass is 16.5. The molecule has 0 aliphatic carbocycles. The van der Waals surface area contributed by atoms with Crippen LogP contribution in [0, 0.1) is 6.92 Å². The van der Waals surface area contributed by atoms with E-state index in [0.717, 1.165) is 33.5 Å². The minimum atomic E-state index is -0.376. The maximum absolute atomic E-state index is 12.3. The molecule has 0 saturated carbocycles. The molecule has 5 nitrogen and oxygen atoms in total. The quantitative estimate of drug-likeness (QED) is 0.712. The van der Waals surface area contributed by atoms with E-state index in [0.29, 0.717) is 6.42 Å². The maximum Gasteiger partial charge on any atom is 0.323 e. The van der Waals surface area contributed by atoms with Crippen LogP contribution < -0.4 is 10.1 Å². The summed E-state index contributed by atoms with van der Waals surface area (Å²) in [5, 5.41) is 4.62. The zero-order chi connectivity index (χ0) is 18.3. The molecule has 2 N–H and O–H groups in total. The highest BCUT2D eigenvalue weighted by molar-refractivity contribution is 5.87. The molecule has 0 bridgehead atoms. The number of carbonyl (C=O) groups excluding carboxylic acids is 1. The van der Waals surface area contributed by atoms with Crippen molar-refractivity contribution in [2.75, 3.05) is 14.2 Å². The van der Waals surface area contributed by atoms with Gasteiger partial charge in [-0.2, -0.15) is 0 Å². The van der Waals surface area contributed by atoms with Crippen LogP contribution in [0.1, 0.15) is 28.4 Å². The van der Waals surface area contributed by atoms with E-state index in [1.807, 2.05) is 31.2 Å². The second-order valence-electron chi connectivity index (χ2n) is 6.67. The average Bonchev–Trinajstić information content (AvgIpc) is 3.05. The number of esters is 1. The van der Waals surface area contributed by atoms with Gasteiger partial charge in [0.2, 0.25) is 0 Å². The zero-order valence-electron chi connectivity index (χ0n) is 15.1. The lowest BCUT2D eigenvalue weighted by molar-refractivity contribution is -0.143. The van der Waals surface area contributed by atoms with Crippen LogP contribution in [0.2, 0.25) is 0 Å². The normalized spacial score (nSPS) is 19.2. The van der Waals surface area contributed by atoms with Crippen molar-refractivity contribution in [2.24, 2.45) is 0 Å². The van der Waals surface area contributed by atoms with Gasteiger partial charge in [0.1, 0.15) is 11.8 Å². The predicted molar refractivity (Wildman–Crippen MR) is 101 cm³/mol. The van der Waals surface area contributed by atoms with E-state index in [-0.39, 0.29) is 18.1 Å². The lowest BCUT2D eigenvalue weighted by Crippen LogP contribution is -2.45. The number of nitrogens with one attached hydrogen (secondary N) is 2. The van der Waals surface area contributed by atoms with Crippen LogP contribution in [0.3, 0.4) is 0 Å². The number of carbonyl (C=O) groups is 1. The molecular weight excluding hydrogens is 328 g/mol. The standard InChI is InChI=1S/C21H22N2O3/c1-12-10-13(8-9-18(12)25-2)19-20-15(11-17(23-19)21(24)26-3)14-6-4-5-7-16(14)22-20/h4-10,17,19,22-23H,11H2,1-3H3. The Morgan fingerprint density at radius 2 is 1.96 bits per heavy atom.